The van der Waals surface area contributed by atoms with Gasteiger partial charge in [0.05, 0.1) is 12.7 Å². The van der Waals surface area contributed by atoms with Crippen molar-refractivity contribution in [3.8, 4) is 0 Å². The van der Waals surface area contributed by atoms with Gasteiger partial charge in [0.25, 0.3) is 5.56 Å². The Balaban J connectivity index is 1.08. The number of pyridine rings is 1. The second-order valence-corrected chi connectivity index (χ2v) is 9.58. The van der Waals surface area contributed by atoms with Crippen LogP contribution in [0.2, 0.25) is 0 Å². The number of para-hydroxylation sites is 1. The van der Waals surface area contributed by atoms with Gasteiger partial charge in [-0.15, -0.1) is 0 Å². The minimum atomic E-state index is -0.591. The molecule has 3 N–H and O–H groups in total. The Bertz CT molecular complexity index is 1870. The number of anilines is 1. The zero-order chi connectivity index (χ0) is 25.6. The number of amides is 1. The molecule has 0 saturated carbocycles. The summed E-state index contributed by atoms with van der Waals surface area (Å²) in [6, 6.07) is 17.2. The van der Waals surface area contributed by atoms with Crippen LogP contribution in [-0.2, 0) is 24.3 Å². The summed E-state index contributed by atoms with van der Waals surface area (Å²) in [4.78, 5) is 38.4. The molecular weight excluding hydrogens is 480 g/mol. The summed E-state index contributed by atoms with van der Waals surface area (Å²) in [6.45, 7) is 0.780. The van der Waals surface area contributed by atoms with Gasteiger partial charge in [-0.3, -0.25) is 19.1 Å². The molecule has 2 aromatic carbocycles. The number of H-pyrrole nitrogens is 1. The molecule has 1 aliphatic rings. The van der Waals surface area contributed by atoms with Gasteiger partial charge in [0.2, 0.25) is 5.91 Å². The number of hydrogen-bond acceptors (Lipinski definition) is 6. The van der Waals surface area contributed by atoms with Gasteiger partial charge in [0.1, 0.15) is 28.7 Å². The van der Waals surface area contributed by atoms with Crippen LogP contribution in [0.25, 0.3) is 32.8 Å². The van der Waals surface area contributed by atoms with Crippen LogP contribution in [-0.4, -0.2) is 25.4 Å². The lowest BCUT2D eigenvalue weighted by atomic mass is 10.1. The normalized spacial score (nSPS) is 14.8. The molecular formula is C29H24N6O3. The SMILES string of the molecule is O=C(NCc1cc2cnccc2[nH]1)[C@@H]1CCc2ncc(NCc3ccc4oc5ccccc5c4c3)c(=O)n21. The van der Waals surface area contributed by atoms with Gasteiger partial charge >= 0.3 is 0 Å². The van der Waals surface area contributed by atoms with Crippen LogP contribution < -0.4 is 16.2 Å². The molecule has 6 aromatic rings. The fourth-order valence-electron chi connectivity index (χ4n) is 5.28. The molecule has 4 aromatic heterocycles. The third-order valence-electron chi connectivity index (χ3n) is 7.18. The molecule has 9 heteroatoms. The van der Waals surface area contributed by atoms with Crippen LogP contribution in [0.1, 0.15) is 29.5 Å². The van der Waals surface area contributed by atoms with E-state index in [0.717, 1.165) is 44.1 Å². The van der Waals surface area contributed by atoms with Crippen LogP contribution in [0.5, 0.6) is 0 Å². The summed E-state index contributed by atoms with van der Waals surface area (Å²) < 4.78 is 7.44. The summed E-state index contributed by atoms with van der Waals surface area (Å²) in [6.07, 6.45) is 6.19. The lowest BCUT2D eigenvalue weighted by Gasteiger charge is -2.15. The number of carbonyl (C=O) groups excluding carboxylic acids is 1. The lowest BCUT2D eigenvalue weighted by molar-refractivity contribution is -0.124. The van der Waals surface area contributed by atoms with Crippen molar-refractivity contribution in [2.45, 2.75) is 32.0 Å². The Hall–Kier alpha value is -4.92. The molecule has 38 heavy (non-hydrogen) atoms. The molecule has 0 fully saturated rings. The van der Waals surface area contributed by atoms with E-state index in [1.807, 2.05) is 48.5 Å². The van der Waals surface area contributed by atoms with Gasteiger partial charge in [-0.2, -0.15) is 0 Å². The maximum atomic E-state index is 13.4. The van der Waals surface area contributed by atoms with Crippen molar-refractivity contribution in [3.63, 3.8) is 0 Å². The highest BCUT2D eigenvalue weighted by Crippen LogP contribution is 2.29. The van der Waals surface area contributed by atoms with E-state index in [2.05, 4.69) is 31.7 Å². The van der Waals surface area contributed by atoms with Gasteiger partial charge < -0.3 is 20.0 Å². The number of carbonyl (C=O) groups is 1. The molecule has 0 radical (unpaired) electrons. The van der Waals surface area contributed by atoms with E-state index >= 15 is 0 Å². The average molecular weight is 505 g/mol. The zero-order valence-electron chi connectivity index (χ0n) is 20.4. The minimum absolute atomic E-state index is 0.195. The maximum Gasteiger partial charge on any atom is 0.277 e. The van der Waals surface area contributed by atoms with Crippen molar-refractivity contribution >= 4 is 44.4 Å². The van der Waals surface area contributed by atoms with E-state index < -0.39 is 6.04 Å². The number of aromatic amines is 1. The first-order chi connectivity index (χ1) is 18.6. The number of rotatable bonds is 6. The van der Waals surface area contributed by atoms with E-state index in [4.69, 9.17) is 4.42 Å². The van der Waals surface area contributed by atoms with Crippen LogP contribution in [0, 0.1) is 0 Å². The maximum absolute atomic E-state index is 13.4. The van der Waals surface area contributed by atoms with Crippen molar-refractivity contribution < 1.29 is 9.21 Å². The number of nitrogens with one attached hydrogen (secondary N) is 3. The fraction of sp³-hybridized carbons (Fsp3) is 0.172. The van der Waals surface area contributed by atoms with Crippen molar-refractivity contribution in [1.82, 2.24) is 24.8 Å². The minimum Gasteiger partial charge on any atom is -0.456 e. The first-order valence-corrected chi connectivity index (χ1v) is 12.6. The average Bonchev–Trinajstić information content (AvgIpc) is 3.66. The van der Waals surface area contributed by atoms with Crippen molar-refractivity contribution in [3.05, 3.63) is 101 Å². The van der Waals surface area contributed by atoms with Crippen LogP contribution in [0.3, 0.4) is 0 Å². The highest BCUT2D eigenvalue weighted by molar-refractivity contribution is 6.05. The molecule has 0 saturated heterocycles. The van der Waals surface area contributed by atoms with Crippen LogP contribution in [0.15, 0.2) is 82.4 Å². The summed E-state index contributed by atoms with van der Waals surface area (Å²) in [5.74, 6) is 0.433. The molecule has 0 spiro atoms. The molecule has 188 valence electrons. The predicted molar refractivity (Wildman–Crippen MR) is 145 cm³/mol. The second kappa shape index (κ2) is 8.88. The summed E-state index contributed by atoms with van der Waals surface area (Å²) >= 11 is 0. The van der Waals surface area contributed by atoms with Crippen molar-refractivity contribution in [1.29, 1.82) is 0 Å². The van der Waals surface area contributed by atoms with Gasteiger partial charge in [-0.25, -0.2) is 4.98 Å². The number of nitrogens with zero attached hydrogens (tertiary/aromatic N) is 3. The van der Waals surface area contributed by atoms with Crippen LogP contribution in [0.4, 0.5) is 5.69 Å². The molecule has 1 amide bonds. The molecule has 0 bridgehead atoms. The Labute approximate surface area is 216 Å². The second-order valence-electron chi connectivity index (χ2n) is 9.58. The van der Waals surface area contributed by atoms with Gasteiger partial charge in [0, 0.05) is 52.7 Å². The number of furan rings is 1. The fourth-order valence-corrected chi connectivity index (χ4v) is 5.28. The van der Waals surface area contributed by atoms with Gasteiger partial charge in [-0.05, 0) is 42.3 Å². The van der Waals surface area contributed by atoms with Gasteiger partial charge in [-0.1, -0.05) is 24.3 Å². The van der Waals surface area contributed by atoms with E-state index in [1.165, 1.54) is 4.57 Å². The monoisotopic (exact) mass is 504 g/mol. The predicted octanol–water partition coefficient (Wildman–Crippen LogP) is 4.43. The Kier molecular flexibility index (Phi) is 5.21. The number of hydrogen-bond donors (Lipinski definition) is 3. The molecule has 0 unspecified atom stereocenters. The Morgan fingerprint density at radius 3 is 2.87 bits per heavy atom. The van der Waals surface area contributed by atoms with Crippen molar-refractivity contribution in [2.75, 3.05) is 5.32 Å². The summed E-state index contributed by atoms with van der Waals surface area (Å²) in [7, 11) is 0. The molecule has 5 heterocycles. The molecule has 1 aliphatic heterocycles. The largest absolute Gasteiger partial charge is 0.456 e. The number of fused-ring (bicyclic) bond motifs is 5. The van der Waals surface area contributed by atoms with Gasteiger partial charge in [0.15, 0.2) is 0 Å². The number of aromatic nitrogens is 4. The molecule has 1 atom stereocenters. The highest BCUT2D eigenvalue weighted by atomic mass is 16.3. The molecule has 7 rings (SSSR count). The Morgan fingerprint density at radius 1 is 1.05 bits per heavy atom. The highest BCUT2D eigenvalue weighted by Gasteiger charge is 2.31. The lowest BCUT2D eigenvalue weighted by Crippen LogP contribution is -2.36. The first kappa shape index (κ1) is 22.3. The van der Waals surface area contributed by atoms with E-state index in [0.29, 0.717) is 37.4 Å². The molecule has 9 nitrogen and oxygen atoms in total. The summed E-state index contributed by atoms with van der Waals surface area (Å²) in [5.41, 5.74) is 4.66. The van der Waals surface area contributed by atoms with E-state index in [9.17, 15) is 9.59 Å². The number of aryl methyl sites for hydroxylation is 1. The number of benzene rings is 2. The topological polar surface area (TPSA) is 118 Å². The smallest absolute Gasteiger partial charge is 0.277 e. The van der Waals surface area contributed by atoms with Crippen molar-refractivity contribution in [2.24, 2.45) is 0 Å². The standard InChI is InChI=1S/C29H24N6O3/c36-28(33-15-19-12-18-14-30-10-9-22(18)34-19)24-6-8-27-32-16-23(29(37)35(24)27)31-13-17-5-7-26-21(11-17)20-3-1-2-4-25(20)38-26/h1-5,7,9-12,14,16,24,31,34H,6,8,13,15H2,(H,33,36)/t24-/m0/s1. The third kappa shape index (κ3) is 3.80. The third-order valence-corrected chi connectivity index (χ3v) is 7.18. The zero-order valence-corrected chi connectivity index (χ0v) is 20.4. The summed E-state index contributed by atoms with van der Waals surface area (Å²) in [5, 5.41) is 9.27. The first-order valence-electron chi connectivity index (χ1n) is 12.6. The Morgan fingerprint density at radius 2 is 1.95 bits per heavy atom. The van der Waals surface area contributed by atoms with E-state index in [-0.39, 0.29) is 11.5 Å². The molecule has 0 aliphatic carbocycles. The van der Waals surface area contributed by atoms with E-state index in [1.54, 1.807) is 18.6 Å². The van der Waals surface area contributed by atoms with Crippen LogP contribution >= 0.6 is 0 Å². The quantitative estimate of drug-likeness (QED) is 0.309.